The fourth-order valence-corrected chi connectivity index (χ4v) is 6.33. The third-order valence-corrected chi connectivity index (χ3v) is 8.04. The Morgan fingerprint density at radius 1 is 1.19 bits per heavy atom. The second-order valence-electron chi connectivity index (χ2n) is 7.11. The van der Waals surface area contributed by atoms with E-state index >= 15 is 0 Å². The summed E-state index contributed by atoms with van der Waals surface area (Å²) in [6.45, 7) is 0. The minimum absolute atomic E-state index is 0.0728. The van der Waals surface area contributed by atoms with Crippen LogP contribution in [-0.2, 0) is 20.2 Å². The molecule has 6 nitrogen and oxygen atoms in total. The highest BCUT2D eigenvalue weighted by atomic mass is 79.9. The van der Waals surface area contributed by atoms with Crippen LogP contribution in [0, 0.1) is 0 Å². The van der Waals surface area contributed by atoms with Crippen LogP contribution in [-0.4, -0.2) is 30.3 Å². The number of nitrogens with zero attached hydrogens (tertiary/aromatic N) is 3. The smallest absolute Gasteiger partial charge is 0.269 e. The summed E-state index contributed by atoms with van der Waals surface area (Å²) in [4.78, 5) is 19.2. The molecule has 1 aromatic carbocycles. The van der Waals surface area contributed by atoms with Crippen LogP contribution in [0.5, 0.6) is 0 Å². The predicted molar refractivity (Wildman–Crippen MR) is 105 cm³/mol. The van der Waals surface area contributed by atoms with Gasteiger partial charge in [0.05, 0.1) is 22.2 Å². The van der Waals surface area contributed by atoms with Crippen molar-refractivity contribution < 1.29 is 13.2 Å². The molecule has 0 N–H and O–H groups in total. The average molecular weight is 446 g/mol. The Labute approximate surface area is 165 Å². The molecule has 2 aromatic heterocycles. The van der Waals surface area contributed by atoms with Crippen LogP contribution < -0.4 is 4.90 Å². The van der Waals surface area contributed by atoms with Gasteiger partial charge >= 0.3 is 0 Å². The largest absolute Gasteiger partial charge is 0.313 e. The molecular formula is C19H16BrN3O3S. The zero-order chi connectivity index (χ0) is 19.0. The monoisotopic (exact) mass is 445 g/mol. The first-order valence-corrected chi connectivity index (χ1v) is 10.9. The number of amides is 1. The predicted octanol–water partition coefficient (Wildman–Crippen LogP) is 3.43. The van der Waals surface area contributed by atoms with Crippen molar-refractivity contribution in [2.75, 3.05) is 11.9 Å². The molecule has 2 aliphatic rings. The number of hydrogen-bond donors (Lipinski definition) is 0. The third kappa shape index (κ3) is 2.02. The van der Waals surface area contributed by atoms with E-state index in [0.717, 1.165) is 30.5 Å². The van der Waals surface area contributed by atoms with E-state index in [2.05, 4.69) is 20.9 Å². The molecule has 3 aromatic rings. The Morgan fingerprint density at radius 2 is 1.89 bits per heavy atom. The summed E-state index contributed by atoms with van der Waals surface area (Å²) in [5.41, 5.74) is 1.47. The van der Waals surface area contributed by atoms with Gasteiger partial charge in [-0.15, -0.1) is 0 Å². The molecule has 0 radical (unpaired) electrons. The topological polar surface area (TPSA) is 72.3 Å². The normalized spacial score (nSPS) is 18.1. The van der Waals surface area contributed by atoms with Gasteiger partial charge in [0.25, 0.3) is 10.0 Å². The number of halogens is 1. The molecule has 0 saturated heterocycles. The molecule has 27 heavy (non-hydrogen) atoms. The number of hydrogen-bond acceptors (Lipinski definition) is 4. The van der Waals surface area contributed by atoms with Crippen molar-refractivity contribution in [2.45, 2.75) is 29.6 Å². The van der Waals surface area contributed by atoms with Crippen molar-refractivity contribution in [3.05, 3.63) is 52.8 Å². The third-order valence-electron chi connectivity index (χ3n) is 5.78. The zero-order valence-electron chi connectivity index (χ0n) is 14.5. The highest BCUT2D eigenvalue weighted by Gasteiger charge is 2.55. The van der Waals surface area contributed by atoms with Crippen molar-refractivity contribution in [1.29, 1.82) is 0 Å². The fourth-order valence-electron chi connectivity index (χ4n) is 4.27. The Bertz CT molecular complexity index is 1210. The van der Waals surface area contributed by atoms with Crippen LogP contribution >= 0.6 is 15.9 Å². The van der Waals surface area contributed by atoms with E-state index in [-0.39, 0.29) is 10.8 Å². The minimum atomic E-state index is -3.79. The van der Waals surface area contributed by atoms with Crippen molar-refractivity contribution >= 4 is 48.6 Å². The second kappa shape index (κ2) is 5.42. The van der Waals surface area contributed by atoms with Crippen LogP contribution in [0.3, 0.4) is 0 Å². The number of carbonyl (C=O) groups excluding carboxylic acids is 1. The summed E-state index contributed by atoms with van der Waals surface area (Å²) < 4.78 is 28.2. The van der Waals surface area contributed by atoms with E-state index in [0.29, 0.717) is 15.5 Å². The van der Waals surface area contributed by atoms with Gasteiger partial charge in [0.1, 0.15) is 0 Å². The van der Waals surface area contributed by atoms with Crippen LogP contribution in [0.1, 0.15) is 24.8 Å². The van der Waals surface area contributed by atoms with Gasteiger partial charge in [-0.05, 0) is 40.9 Å². The molecule has 0 bridgehead atoms. The average Bonchev–Trinajstić information content (AvgIpc) is 3.09. The van der Waals surface area contributed by atoms with Crippen molar-refractivity contribution in [3.63, 3.8) is 0 Å². The summed E-state index contributed by atoms with van der Waals surface area (Å²) in [6.07, 6.45) is 5.71. The first-order chi connectivity index (χ1) is 12.9. The van der Waals surface area contributed by atoms with E-state index in [1.54, 1.807) is 48.5 Å². The van der Waals surface area contributed by atoms with Gasteiger partial charge in [0.2, 0.25) is 5.91 Å². The molecule has 0 unspecified atom stereocenters. The van der Waals surface area contributed by atoms with E-state index in [4.69, 9.17) is 0 Å². The van der Waals surface area contributed by atoms with Gasteiger partial charge < -0.3 is 4.90 Å². The number of rotatable bonds is 2. The molecule has 3 heterocycles. The molecule has 1 amide bonds. The fraction of sp³-hybridized carbons (Fsp3) is 0.263. The van der Waals surface area contributed by atoms with Crippen LogP contribution in [0.15, 0.2) is 52.1 Å². The van der Waals surface area contributed by atoms with Gasteiger partial charge in [-0.3, -0.25) is 4.79 Å². The van der Waals surface area contributed by atoms with Crippen molar-refractivity contribution in [2.24, 2.45) is 0 Å². The number of carbonyl (C=O) groups is 1. The second-order valence-corrected chi connectivity index (χ2v) is 9.78. The Balaban J connectivity index is 1.83. The van der Waals surface area contributed by atoms with Gasteiger partial charge in [0, 0.05) is 28.7 Å². The van der Waals surface area contributed by atoms with E-state index in [9.17, 15) is 13.2 Å². The number of fused-ring (bicyclic) bond motifs is 4. The Kier molecular flexibility index (Phi) is 3.40. The van der Waals surface area contributed by atoms with Crippen LogP contribution in [0.25, 0.3) is 11.0 Å². The standard InChI is InChI=1S/C19H16BrN3O3S/c1-22-14-10-21-17-15(16(14)19(18(22)24)8-5-9-19)13(20)11-23(17)27(25,26)12-6-3-2-4-7-12/h2-4,6-7,10-11H,5,8-9H2,1H3. The lowest BCUT2D eigenvalue weighted by atomic mass is 9.64. The number of aromatic nitrogens is 2. The van der Waals surface area contributed by atoms with Gasteiger partial charge in [-0.2, -0.15) is 0 Å². The zero-order valence-corrected chi connectivity index (χ0v) is 16.9. The number of likely N-dealkylation sites (N-methyl/N-ethyl adjacent to an activating group) is 1. The Hall–Kier alpha value is -2.19. The summed E-state index contributed by atoms with van der Waals surface area (Å²) >= 11 is 3.53. The SMILES string of the molecule is CN1C(=O)C2(CCC2)c2c1cnc1c2c(Br)cn1S(=O)(=O)c1ccccc1. The lowest BCUT2D eigenvalue weighted by Crippen LogP contribution is -2.43. The summed E-state index contributed by atoms with van der Waals surface area (Å²) in [5.74, 6) is 0.0728. The van der Waals surface area contributed by atoms with Crippen LogP contribution in [0.4, 0.5) is 5.69 Å². The molecule has 138 valence electrons. The van der Waals surface area contributed by atoms with Crippen LogP contribution in [0.2, 0.25) is 0 Å². The molecule has 5 rings (SSSR count). The maximum absolute atomic E-state index is 13.2. The molecular weight excluding hydrogens is 430 g/mol. The first kappa shape index (κ1) is 16.9. The summed E-state index contributed by atoms with van der Waals surface area (Å²) in [7, 11) is -2.03. The van der Waals surface area contributed by atoms with Gasteiger partial charge in [-0.25, -0.2) is 17.4 Å². The van der Waals surface area contributed by atoms with Crippen molar-refractivity contribution in [1.82, 2.24) is 8.96 Å². The number of anilines is 1. The molecule has 1 spiro atoms. The summed E-state index contributed by atoms with van der Waals surface area (Å²) in [6, 6.07) is 8.28. The lowest BCUT2D eigenvalue weighted by Gasteiger charge is -2.37. The highest BCUT2D eigenvalue weighted by molar-refractivity contribution is 9.10. The van der Waals surface area contributed by atoms with E-state index < -0.39 is 15.4 Å². The maximum atomic E-state index is 13.2. The Morgan fingerprint density at radius 3 is 2.52 bits per heavy atom. The molecule has 1 saturated carbocycles. The maximum Gasteiger partial charge on any atom is 0.269 e. The quantitative estimate of drug-likeness (QED) is 0.605. The lowest BCUT2D eigenvalue weighted by molar-refractivity contribution is -0.125. The van der Waals surface area contributed by atoms with Gasteiger partial charge in [0.15, 0.2) is 5.65 Å². The number of pyridine rings is 1. The summed E-state index contributed by atoms with van der Waals surface area (Å²) in [5, 5.41) is 0.712. The highest BCUT2D eigenvalue weighted by Crippen LogP contribution is 2.56. The molecule has 1 aliphatic heterocycles. The first-order valence-electron chi connectivity index (χ1n) is 8.67. The molecule has 1 aliphatic carbocycles. The molecule has 8 heteroatoms. The number of benzene rings is 1. The van der Waals surface area contributed by atoms with E-state index in [1.807, 2.05) is 0 Å². The molecule has 1 fully saturated rings. The minimum Gasteiger partial charge on any atom is -0.313 e. The van der Waals surface area contributed by atoms with E-state index in [1.165, 1.54) is 10.2 Å². The van der Waals surface area contributed by atoms with Crippen molar-refractivity contribution in [3.8, 4) is 0 Å². The molecule has 0 atom stereocenters. The van der Waals surface area contributed by atoms with Gasteiger partial charge in [-0.1, -0.05) is 24.6 Å².